The summed E-state index contributed by atoms with van der Waals surface area (Å²) in [5.41, 5.74) is -0.630. The van der Waals surface area contributed by atoms with Gasteiger partial charge >= 0.3 is 0 Å². The largest absolute Gasteiger partial charge is 0.393 e. The van der Waals surface area contributed by atoms with Crippen LogP contribution in [-0.2, 0) is 14.3 Å². The predicted octanol–water partition coefficient (Wildman–Crippen LogP) is -0.117. The second kappa shape index (κ2) is 2.44. The molecule has 4 aliphatic rings. The first-order valence-corrected chi connectivity index (χ1v) is 5.73. The Morgan fingerprint density at radius 3 is 3.20 bits per heavy atom. The lowest BCUT2D eigenvalue weighted by molar-refractivity contribution is -0.168. The van der Waals surface area contributed by atoms with Gasteiger partial charge in [-0.2, -0.15) is 0 Å². The summed E-state index contributed by atoms with van der Waals surface area (Å²) in [6.45, 7) is 0.659. The van der Waals surface area contributed by atoms with E-state index >= 15 is 0 Å². The smallest absolute Gasteiger partial charge is 0.167 e. The summed E-state index contributed by atoms with van der Waals surface area (Å²) >= 11 is 0. The molecule has 6 atom stereocenters. The third kappa shape index (κ3) is 0.799. The molecule has 4 rings (SSSR count). The minimum atomic E-state index is -0.630. The first-order chi connectivity index (χ1) is 7.22. The monoisotopic (exact) mass is 210 g/mol. The maximum atomic E-state index is 12.1. The average molecular weight is 210 g/mol. The van der Waals surface area contributed by atoms with E-state index in [0.717, 1.165) is 0 Å². The Morgan fingerprint density at radius 2 is 2.33 bits per heavy atom. The zero-order valence-electron chi connectivity index (χ0n) is 8.39. The Morgan fingerprint density at radius 1 is 1.47 bits per heavy atom. The van der Waals surface area contributed by atoms with Crippen molar-refractivity contribution in [1.29, 1.82) is 0 Å². The molecule has 1 spiro atoms. The van der Waals surface area contributed by atoms with Crippen LogP contribution in [0.25, 0.3) is 0 Å². The molecule has 0 aromatic carbocycles. The minimum absolute atomic E-state index is 0.00231. The summed E-state index contributed by atoms with van der Waals surface area (Å²) in [6, 6.07) is 0. The van der Waals surface area contributed by atoms with Crippen molar-refractivity contribution in [1.82, 2.24) is 0 Å². The molecule has 15 heavy (non-hydrogen) atoms. The van der Waals surface area contributed by atoms with Gasteiger partial charge in [-0.15, -0.1) is 0 Å². The Labute approximate surface area is 87.5 Å². The summed E-state index contributed by atoms with van der Waals surface area (Å²) in [7, 11) is 0. The number of hydrogen-bond donors (Lipinski definition) is 1. The van der Waals surface area contributed by atoms with Crippen LogP contribution in [0.15, 0.2) is 0 Å². The highest BCUT2D eigenvalue weighted by molar-refractivity contribution is 5.90. The number of carbonyl (C=O) groups is 1. The van der Waals surface area contributed by atoms with Crippen molar-refractivity contribution >= 4 is 5.78 Å². The average Bonchev–Trinajstić information content (AvgIpc) is 2.77. The van der Waals surface area contributed by atoms with Crippen LogP contribution < -0.4 is 0 Å². The fraction of sp³-hybridized carbons (Fsp3) is 0.909. The van der Waals surface area contributed by atoms with Gasteiger partial charge in [0.2, 0.25) is 0 Å². The highest BCUT2D eigenvalue weighted by Gasteiger charge is 2.70. The molecule has 3 saturated heterocycles. The Balaban J connectivity index is 1.86. The molecule has 4 fully saturated rings. The third-order valence-electron chi connectivity index (χ3n) is 4.72. The van der Waals surface area contributed by atoms with Crippen LogP contribution >= 0.6 is 0 Å². The van der Waals surface area contributed by atoms with Crippen molar-refractivity contribution < 1.29 is 19.4 Å². The predicted molar refractivity (Wildman–Crippen MR) is 49.2 cm³/mol. The molecule has 0 aromatic heterocycles. The van der Waals surface area contributed by atoms with E-state index in [-0.39, 0.29) is 35.9 Å². The number of hydrogen-bond acceptors (Lipinski definition) is 4. The number of ketones is 1. The van der Waals surface area contributed by atoms with E-state index in [9.17, 15) is 9.90 Å². The zero-order valence-corrected chi connectivity index (χ0v) is 8.39. The van der Waals surface area contributed by atoms with Crippen molar-refractivity contribution in [2.45, 2.75) is 43.2 Å². The summed E-state index contributed by atoms with van der Waals surface area (Å²) in [6.07, 6.45) is 1.56. The number of aliphatic hydroxyl groups is 1. The summed E-state index contributed by atoms with van der Waals surface area (Å²) < 4.78 is 11.5. The van der Waals surface area contributed by atoms with Crippen LogP contribution in [0.4, 0.5) is 0 Å². The minimum Gasteiger partial charge on any atom is -0.393 e. The molecule has 1 unspecified atom stereocenters. The molecular weight excluding hydrogens is 196 g/mol. The van der Waals surface area contributed by atoms with Crippen LogP contribution in [0.2, 0.25) is 0 Å². The quantitative estimate of drug-likeness (QED) is 0.605. The van der Waals surface area contributed by atoms with Crippen LogP contribution in [0.1, 0.15) is 19.3 Å². The Bertz CT molecular complexity index is 341. The lowest BCUT2D eigenvalue weighted by Crippen LogP contribution is -2.49. The molecule has 1 N–H and O–H groups in total. The van der Waals surface area contributed by atoms with Crippen molar-refractivity contribution in [3.63, 3.8) is 0 Å². The summed E-state index contributed by atoms with van der Waals surface area (Å²) in [4.78, 5) is 12.1. The SMILES string of the molecule is O=C1C[C@H]2OC[C@@H]3C2O[C@]12CC[C@H](O)[C@@H]32. The van der Waals surface area contributed by atoms with Gasteiger partial charge in [-0.3, -0.25) is 4.79 Å². The van der Waals surface area contributed by atoms with Gasteiger partial charge < -0.3 is 14.6 Å². The van der Waals surface area contributed by atoms with Gasteiger partial charge in [-0.1, -0.05) is 0 Å². The molecule has 82 valence electrons. The highest BCUT2D eigenvalue weighted by atomic mass is 16.6. The number of Topliss-reactive ketones (excluding diaryl/α,β-unsaturated/α-hetero) is 1. The van der Waals surface area contributed by atoms with E-state index in [0.29, 0.717) is 25.9 Å². The number of aliphatic hydroxyl groups excluding tert-OH is 1. The van der Waals surface area contributed by atoms with Crippen molar-refractivity contribution in [3.05, 3.63) is 0 Å². The topological polar surface area (TPSA) is 55.8 Å². The molecule has 1 aliphatic carbocycles. The lowest BCUT2D eigenvalue weighted by atomic mass is 9.81. The standard InChI is InChI=1S/C11H14O4/c12-6-1-2-11-8(13)3-7-10(15-11)5(4-14-7)9(6)11/h5-7,9-10,12H,1-4H2/t5-,6-,7+,9+,10?,11+/m0/s1. The third-order valence-corrected chi connectivity index (χ3v) is 4.72. The van der Waals surface area contributed by atoms with E-state index in [2.05, 4.69) is 0 Å². The molecule has 3 aliphatic heterocycles. The maximum Gasteiger partial charge on any atom is 0.167 e. The van der Waals surface area contributed by atoms with Crippen molar-refractivity contribution in [2.75, 3.05) is 6.61 Å². The van der Waals surface area contributed by atoms with E-state index in [1.807, 2.05) is 0 Å². The highest BCUT2D eigenvalue weighted by Crippen LogP contribution is 2.58. The van der Waals surface area contributed by atoms with E-state index in [1.165, 1.54) is 0 Å². The van der Waals surface area contributed by atoms with Crippen molar-refractivity contribution in [3.8, 4) is 0 Å². The molecule has 2 bridgehead atoms. The molecule has 0 aromatic rings. The Hall–Kier alpha value is -0.450. The lowest BCUT2D eigenvalue weighted by Gasteiger charge is -2.35. The molecule has 4 nitrogen and oxygen atoms in total. The molecule has 4 heteroatoms. The second-order valence-corrected chi connectivity index (χ2v) is 5.27. The van der Waals surface area contributed by atoms with Crippen LogP contribution in [0, 0.1) is 11.8 Å². The number of carbonyl (C=O) groups excluding carboxylic acids is 1. The molecule has 3 heterocycles. The van der Waals surface area contributed by atoms with Gasteiger partial charge in [0.15, 0.2) is 5.78 Å². The zero-order chi connectivity index (χ0) is 10.2. The molecule has 0 radical (unpaired) electrons. The maximum absolute atomic E-state index is 12.1. The fourth-order valence-corrected chi connectivity index (χ4v) is 4.12. The molecule has 0 amide bonds. The molecular formula is C11H14O4. The van der Waals surface area contributed by atoms with Gasteiger partial charge in [0, 0.05) is 18.3 Å². The van der Waals surface area contributed by atoms with Gasteiger partial charge in [0.1, 0.15) is 5.60 Å². The normalized spacial score (nSPS) is 61.1. The number of fused-ring (bicyclic) bond motifs is 1. The fourth-order valence-electron chi connectivity index (χ4n) is 4.12. The van der Waals surface area contributed by atoms with Gasteiger partial charge in [-0.05, 0) is 12.8 Å². The van der Waals surface area contributed by atoms with Crippen molar-refractivity contribution in [2.24, 2.45) is 11.8 Å². The van der Waals surface area contributed by atoms with Crippen LogP contribution in [-0.4, -0.2) is 41.4 Å². The molecule has 1 saturated carbocycles. The summed E-state index contributed by atoms with van der Waals surface area (Å²) in [5, 5.41) is 9.99. The van der Waals surface area contributed by atoms with Crippen LogP contribution in [0.5, 0.6) is 0 Å². The van der Waals surface area contributed by atoms with Gasteiger partial charge in [0.25, 0.3) is 0 Å². The van der Waals surface area contributed by atoms with Crippen LogP contribution in [0.3, 0.4) is 0 Å². The first kappa shape index (κ1) is 8.67. The number of ether oxygens (including phenoxy) is 2. The second-order valence-electron chi connectivity index (χ2n) is 5.27. The number of rotatable bonds is 0. The van der Waals surface area contributed by atoms with E-state index < -0.39 is 5.60 Å². The van der Waals surface area contributed by atoms with E-state index in [4.69, 9.17) is 9.47 Å². The van der Waals surface area contributed by atoms with Gasteiger partial charge in [-0.25, -0.2) is 0 Å². The van der Waals surface area contributed by atoms with E-state index in [1.54, 1.807) is 0 Å². The first-order valence-electron chi connectivity index (χ1n) is 5.73. The Kier molecular flexibility index (Phi) is 1.41. The summed E-state index contributed by atoms with van der Waals surface area (Å²) in [5.74, 6) is 0.411. The van der Waals surface area contributed by atoms with Gasteiger partial charge in [0.05, 0.1) is 24.9 Å².